The number of amides is 1. The highest BCUT2D eigenvalue weighted by Crippen LogP contribution is 2.36. The summed E-state index contributed by atoms with van der Waals surface area (Å²) in [5.74, 6) is -0.186. The quantitative estimate of drug-likeness (QED) is 0.543. The van der Waals surface area contributed by atoms with Crippen molar-refractivity contribution in [3.8, 4) is 0 Å². The van der Waals surface area contributed by atoms with Crippen molar-refractivity contribution in [2.45, 2.75) is 31.9 Å². The van der Waals surface area contributed by atoms with E-state index in [1.807, 2.05) is 42.5 Å². The van der Waals surface area contributed by atoms with Crippen LogP contribution in [0.25, 0.3) is 0 Å². The second kappa shape index (κ2) is 9.87. The van der Waals surface area contributed by atoms with Gasteiger partial charge in [-0.05, 0) is 42.0 Å². The first-order valence-corrected chi connectivity index (χ1v) is 9.71. The number of piperidine rings is 1. The van der Waals surface area contributed by atoms with Crippen molar-refractivity contribution >= 4 is 18.3 Å². The molecule has 6 heteroatoms. The molecule has 0 aromatic heterocycles. The first-order chi connectivity index (χ1) is 14.1. The van der Waals surface area contributed by atoms with Crippen molar-refractivity contribution in [2.24, 2.45) is 5.92 Å². The van der Waals surface area contributed by atoms with Crippen LogP contribution < -0.4 is 0 Å². The Kier molecular flexibility index (Phi) is 7.00. The molecule has 152 valence electrons. The summed E-state index contributed by atoms with van der Waals surface area (Å²) in [6.45, 7) is 0.734. The van der Waals surface area contributed by atoms with Gasteiger partial charge in [0.05, 0.1) is 18.7 Å². The number of aldehydes is 1. The van der Waals surface area contributed by atoms with Gasteiger partial charge in [-0.2, -0.15) is 0 Å². The number of esters is 1. The van der Waals surface area contributed by atoms with Crippen molar-refractivity contribution in [3.05, 3.63) is 71.3 Å². The molecule has 0 saturated carbocycles. The molecule has 0 N–H and O–H groups in total. The van der Waals surface area contributed by atoms with E-state index in [4.69, 9.17) is 9.47 Å². The third kappa shape index (κ3) is 5.22. The number of hydrogen-bond acceptors (Lipinski definition) is 5. The van der Waals surface area contributed by atoms with E-state index in [9.17, 15) is 14.4 Å². The summed E-state index contributed by atoms with van der Waals surface area (Å²) in [6.07, 6.45) is 2.47. The minimum atomic E-state index is -0.404. The first-order valence-electron chi connectivity index (χ1n) is 9.71. The number of carbonyl (C=O) groups is 3. The molecule has 1 saturated heterocycles. The molecule has 1 aliphatic rings. The second-order valence-electron chi connectivity index (χ2n) is 7.16. The number of rotatable bonds is 6. The van der Waals surface area contributed by atoms with Gasteiger partial charge in [0, 0.05) is 13.0 Å². The Balaban J connectivity index is 1.75. The van der Waals surface area contributed by atoms with E-state index in [1.165, 1.54) is 7.11 Å². The zero-order valence-corrected chi connectivity index (χ0v) is 16.5. The minimum absolute atomic E-state index is 0.205. The smallest absolute Gasteiger partial charge is 0.410 e. The molecule has 1 heterocycles. The van der Waals surface area contributed by atoms with Crippen LogP contribution >= 0.6 is 0 Å². The van der Waals surface area contributed by atoms with Gasteiger partial charge in [0.2, 0.25) is 0 Å². The largest absolute Gasteiger partial charge is 0.465 e. The number of likely N-dealkylation sites (tertiary alicyclic amines) is 1. The van der Waals surface area contributed by atoms with Crippen molar-refractivity contribution in [3.63, 3.8) is 0 Å². The van der Waals surface area contributed by atoms with Gasteiger partial charge in [-0.25, -0.2) is 9.59 Å². The topological polar surface area (TPSA) is 72.9 Å². The highest BCUT2D eigenvalue weighted by Gasteiger charge is 2.33. The van der Waals surface area contributed by atoms with Crippen LogP contribution in [-0.2, 0) is 20.9 Å². The van der Waals surface area contributed by atoms with Gasteiger partial charge < -0.3 is 19.2 Å². The maximum atomic E-state index is 12.8. The first kappa shape index (κ1) is 20.6. The summed E-state index contributed by atoms with van der Waals surface area (Å²) < 4.78 is 10.3. The molecule has 1 fully saturated rings. The van der Waals surface area contributed by atoms with Crippen molar-refractivity contribution in [2.75, 3.05) is 13.7 Å². The van der Waals surface area contributed by atoms with Crippen molar-refractivity contribution < 1.29 is 23.9 Å². The molecule has 1 unspecified atom stereocenters. The molecule has 1 amide bonds. The Hall–Kier alpha value is -3.15. The molecule has 2 atom stereocenters. The lowest BCUT2D eigenvalue weighted by Crippen LogP contribution is -2.41. The van der Waals surface area contributed by atoms with Gasteiger partial charge in [0.15, 0.2) is 0 Å². The summed E-state index contributed by atoms with van der Waals surface area (Å²) in [4.78, 5) is 37.2. The fraction of sp³-hybridized carbons (Fsp3) is 0.348. The monoisotopic (exact) mass is 395 g/mol. The Morgan fingerprint density at radius 2 is 1.83 bits per heavy atom. The van der Waals surface area contributed by atoms with E-state index in [0.29, 0.717) is 24.9 Å². The Bertz CT molecular complexity index is 834. The number of carbonyl (C=O) groups excluding carboxylic acids is 3. The van der Waals surface area contributed by atoms with E-state index >= 15 is 0 Å². The summed E-state index contributed by atoms with van der Waals surface area (Å²) >= 11 is 0. The third-order valence-corrected chi connectivity index (χ3v) is 5.30. The summed E-state index contributed by atoms with van der Waals surface area (Å²) in [5, 5.41) is 0. The standard InChI is InChI=1S/C23H25NO5/c1-28-22(26)20-9-7-19(8-10-20)21-15-17(12-14-25)11-13-24(21)23(27)29-16-18-5-3-2-4-6-18/h2-10,14,17,21H,11-13,15-16H2,1H3/t17?,21-/m0/s1. The van der Waals surface area contributed by atoms with Crippen LogP contribution in [0.4, 0.5) is 4.79 Å². The Morgan fingerprint density at radius 1 is 1.10 bits per heavy atom. The number of nitrogens with zero attached hydrogens (tertiary/aromatic N) is 1. The molecule has 3 rings (SSSR count). The van der Waals surface area contributed by atoms with Gasteiger partial charge in [-0.3, -0.25) is 0 Å². The molecule has 29 heavy (non-hydrogen) atoms. The number of benzene rings is 2. The van der Waals surface area contributed by atoms with Gasteiger partial charge >= 0.3 is 12.1 Å². The van der Waals surface area contributed by atoms with Gasteiger partial charge in [0.25, 0.3) is 0 Å². The Morgan fingerprint density at radius 3 is 2.48 bits per heavy atom. The molecular formula is C23H25NO5. The summed E-state index contributed by atoms with van der Waals surface area (Å²) in [5.41, 5.74) is 2.29. The highest BCUT2D eigenvalue weighted by atomic mass is 16.6. The van der Waals surface area contributed by atoms with E-state index in [1.54, 1.807) is 17.0 Å². The van der Waals surface area contributed by atoms with Gasteiger partial charge in [-0.1, -0.05) is 42.5 Å². The normalized spacial score (nSPS) is 18.7. The number of hydrogen-bond donors (Lipinski definition) is 0. The fourth-order valence-electron chi connectivity index (χ4n) is 3.68. The molecule has 0 spiro atoms. The molecule has 0 bridgehead atoms. The van der Waals surface area contributed by atoms with E-state index in [2.05, 4.69) is 0 Å². The molecule has 2 aromatic carbocycles. The average Bonchev–Trinajstić information content (AvgIpc) is 2.78. The van der Waals surface area contributed by atoms with Gasteiger partial charge in [-0.15, -0.1) is 0 Å². The van der Waals surface area contributed by atoms with Crippen LogP contribution in [-0.4, -0.2) is 36.9 Å². The molecule has 0 aliphatic carbocycles. The lowest BCUT2D eigenvalue weighted by atomic mass is 9.85. The average molecular weight is 395 g/mol. The molecule has 0 radical (unpaired) electrons. The molecule has 1 aliphatic heterocycles. The van der Waals surface area contributed by atoms with Crippen molar-refractivity contribution in [1.82, 2.24) is 4.90 Å². The fourth-order valence-corrected chi connectivity index (χ4v) is 3.68. The zero-order chi connectivity index (χ0) is 20.6. The van der Waals surface area contributed by atoms with Crippen LogP contribution in [0.15, 0.2) is 54.6 Å². The second-order valence-corrected chi connectivity index (χ2v) is 7.16. The maximum absolute atomic E-state index is 12.8. The van der Waals surface area contributed by atoms with E-state index in [0.717, 1.165) is 23.8 Å². The molecular weight excluding hydrogens is 370 g/mol. The zero-order valence-electron chi connectivity index (χ0n) is 16.5. The van der Waals surface area contributed by atoms with E-state index < -0.39 is 5.97 Å². The third-order valence-electron chi connectivity index (χ3n) is 5.30. The van der Waals surface area contributed by atoms with Crippen LogP contribution in [0.5, 0.6) is 0 Å². The van der Waals surface area contributed by atoms with Crippen LogP contribution in [0.3, 0.4) is 0 Å². The van der Waals surface area contributed by atoms with Crippen LogP contribution in [0.1, 0.15) is 46.8 Å². The predicted molar refractivity (Wildman–Crippen MR) is 107 cm³/mol. The highest BCUT2D eigenvalue weighted by molar-refractivity contribution is 5.89. The maximum Gasteiger partial charge on any atom is 0.410 e. The molecule has 6 nitrogen and oxygen atoms in total. The lowest BCUT2D eigenvalue weighted by Gasteiger charge is -2.38. The lowest BCUT2D eigenvalue weighted by molar-refractivity contribution is -0.109. The number of ether oxygens (including phenoxy) is 2. The predicted octanol–water partition coefficient (Wildman–Crippen LogP) is 4.15. The van der Waals surface area contributed by atoms with Crippen molar-refractivity contribution in [1.29, 1.82) is 0 Å². The Labute approximate surface area is 170 Å². The summed E-state index contributed by atoms with van der Waals surface area (Å²) in [7, 11) is 1.34. The minimum Gasteiger partial charge on any atom is -0.465 e. The van der Waals surface area contributed by atoms with Gasteiger partial charge in [0.1, 0.15) is 12.9 Å². The molecule has 2 aromatic rings. The van der Waals surface area contributed by atoms with E-state index in [-0.39, 0.29) is 24.7 Å². The summed E-state index contributed by atoms with van der Waals surface area (Å²) in [6, 6.07) is 16.4. The number of methoxy groups -OCH3 is 1. The SMILES string of the molecule is COC(=O)c1ccc([C@@H]2CC(CC=O)CCN2C(=O)OCc2ccccc2)cc1. The van der Waals surface area contributed by atoms with Crippen LogP contribution in [0, 0.1) is 5.92 Å². The van der Waals surface area contributed by atoms with Crippen LogP contribution in [0.2, 0.25) is 0 Å².